The van der Waals surface area contributed by atoms with Crippen molar-refractivity contribution >= 4 is 0 Å². The van der Waals surface area contributed by atoms with Gasteiger partial charge in [-0.1, -0.05) is 39.3 Å². The number of hydrogen-bond donors (Lipinski definition) is 1. The minimum absolute atomic E-state index is 0.0638. The summed E-state index contributed by atoms with van der Waals surface area (Å²) in [6, 6.07) is 0. The first-order chi connectivity index (χ1) is 14.8. The van der Waals surface area contributed by atoms with Gasteiger partial charge in [-0.3, -0.25) is 0 Å². The average molecular weight is 429 g/mol. The Kier molecular flexibility index (Phi) is 4.99. The van der Waals surface area contributed by atoms with E-state index in [9.17, 15) is 5.11 Å². The van der Waals surface area contributed by atoms with Gasteiger partial charge in [0.05, 0.1) is 24.4 Å². The van der Waals surface area contributed by atoms with Gasteiger partial charge in [-0.05, 0) is 104 Å². The molecule has 0 bridgehead atoms. The van der Waals surface area contributed by atoms with Crippen molar-refractivity contribution in [1.29, 1.82) is 0 Å². The number of aliphatic hydroxyl groups excluding tert-OH is 1. The summed E-state index contributed by atoms with van der Waals surface area (Å²) < 4.78 is 13.2. The number of allylic oxidation sites excluding steroid dienone is 2. The van der Waals surface area contributed by atoms with E-state index in [1.807, 2.05) is 0 Å². The Labute approximate surface area is 189 Å². The third-order valence-electron chi connectivity index (χ3n) is 11.4. The average Bonchev–Trinajstić information content (AvgIpc) is 3.23. The highest BCUT2D eigenvalue weighted by molar-refractivity contribution is 5.30. The fourth-order valence-electron chi connectivity index (χ4n) is 9.73. The van der Waals surface area contributed by atoms with Crippen molar-refractivity contribution in [2.45, 2.75) is 110 Å². The standard InChI is InChI=1S/C28H44O3/c1-16-5-8-23(30-15-16)26-17(2)25-24(31-26)14-22-20-7-6-18-13-19(29)9-11-27(18,3)21(20)10-12-28(22,25)4/h10,16-20,22-26,29H,5-9,11-15H2,1-4H3/t16-,17+,18-,19-,20-,22-,23-,24-,25+,26-,27+,28+/m1/s1. The smallest absolute Gasteiger partial charge is 0.0869 e. The van der Waals surface area contributed by atoms with Crippen molar-refractivity contribution in [3.8, 4) is 0 Å². The van der Waals surface area contributed by atoms with Gasteiger partial charge < -0.3 is 14.6 Å². The summed E-state index contributed by atoms with van der Waals surface area (Å²) in [6.07, 6.45) is 14.5. The van der Waals surface area contributed by atoms with Crippen LogP contribution in [0.2, 0.25) is 0 Å². The molecule has 174 valence electrons. The van der Waals surface area contributed by atoms with Crippen LogP contribution in [0.4, 0.5) is 0 Å². The van der Waals surface area contributed by atoms with Crippen LogP contribution < -0.4 is 0 Å². The molecule has 2 heterocycles. The van der Waals surface area contributed by atoms with E-state index in [4.69, 9.17) is 9.47 Å². The Hall–Kier alpha value is -0.380. The molecule has 3 heteroatoms. The number of fused-ring (bicyclic) bond motifs is 7. The second-order valence-electron chi connectivity index (χ2n) is 13.0. The molecule has 0 radical (unpaired) electrons. The topological polar surface area (TPSA) is 38.7 Å². The van der Waals surface area contributed by atoms with E-state index in [0.717, 1.165) is 31.3 Å². The van der Waals surface area contributed by atoms with Gasteiger partial charge >= 0.3 is 0 Å². The van der Waals surface area contributed by atoms with Crippen molar-refractivity contribution in [3.63, 3.8) is 0 Å². The van der Waals surface area contributed by atoms with Crippen molar-refractivity contribution in [2.24, 2.45) is 46.3 Å². The summed E-state index contributed by atoms with van der Waals surface area (Å²) in [5, 5.41) is 10.3. The van der Waals surface area contributed by atoms with Gasteiger partial charge in [0, 0.05) is 6.61 Å². The van der Waals surface area contributed by atoms with Gasteiger partial charge in [0.15, 0.2) is 0 Å². The van der Waals surface area contributed by atoms with Crippen LogP contribution in [0.3, 0.4) is 0 Å². The predicted molar refractivity (Wildman–Crippen MR) is 123 cm³/mol. The molecule has 1 N–H and O–H groups in total. The van der Waals surface area contributed by atoms with Crippen molar-refractivity contribution in [2.75, 3.05) is 6.61 Å². The Balaban J connectivity index is 1.25. The second kappa shape index (κ2) is 7.31. The van der Waals surface area contributed by atoms with Crippen molar-refractivity contribution in [3.05, 3.63) is 11.6 Å². The van der Waals surface area contributed by atoms with Crippen LogP contribution in [0.15, 0.2) is 11.6 Å². The van der Waals surface area contributed by atoms with E-state index in [-0.39, 0.29) is 6.10 Å². The Morgan fingerprint density at radius 1 is 1.00 bits per heavy atom. The quantitative estimate of drug-likeness (QED) is 0.540. The largest absolute Gasteiger partial charge is 0.393 e. The molecule has 0 aromatic rings. The van der Waals surface area contributed by atoms with Gasteiger partial charge in [0.2, 0.25) is 0 Å². The lowest BCUT2D eigenvalue weighted by atomic mass is 9.48. The number of rotatable bonds is 1. The van der Waals surface area contributed by atoms with E-state index < -0.39 is 0 Å². The molecule has 3 saturated carbocycles. The van der Waals surface area contributed by atoms with Crippen molar-refractivity contribution in [1.82, 2.24) is 0 Å². The normalized spacial score (nSPS) is 58.7. The molecule has 6 rings (SSSR count). The highest BCUT2D eigenvalue weighted by atomic mass is 16.6. The summed E-state index contributed by atoms with van der Waals surface area (Å²) in [7, 11) is 0. The molecule has 2 saturated heterocycles. The minimum atomic E-state index is -0.0638. The number of ether oxygens (including phenoxy) is 2. The lowest BCUT2D eigenvalue weighted by molar-refractivity contribution is -0.111. The molecule has 4 aliphatic carbocycles. The van der Waals surface area contributed by atoms with E-state index >= 15 is 0 Å². The van der Waals surface area contributed by atoms with Crippen LogP contribution in [-0.4, -0.2) is 36.1 Å². The third-order valence-corrected chi connectivity index (χ3v) is 11.4. The monoisotopic (exact) mass is 428 g/mol. The van der Waals surface area contributed by atoms with Gasteiger partial charge in [-0.25, -0.2) is 0 Å². The highest BCUT2D eigenvalue weighted by Crippen LogP contribution is 2.68. The Morgan fingerprint density at radius 2 is 1.84 bits per heavy atom. The van der Waals surface area contributed by atoms with E-state index in [0.29, 0.717) is 52.8 Å². The van der Waals surface area contributed by atoms with Crippen LogP contribution in [0.25, 0.3) is 0 Å². The Morgan fingerprint density at radius 3 is 2.61 bits per heavy atom. The van der Waals surface area contributed by atoms with Gasteiger partial charge in [0.1, 0.15) is 0 Å². The summed E-state index contributed by atoms with van der Waals surface area (Å²) >= 11 is 0. The minimum Gasteiger partial charge on any atom is -0.393 e. The molecule has 31 heavy (non-hydrogen) atoms. The zero-order valence-corrected chi connectivity index (χ0v) is 20.2. The molecule has 0 aromatic heterocycles. The number of aliphatic hydroxyl groups is 1. The van der Waals surface area contributed by atoms with E-state index in [1.165, 1.54) is 44.9 Å². The summed E-state index contributed by atoms with van der Waals surface area (Å²) in [4.78, 5) is 0. The van der Waals surface area contributed by atoms with Crippen LogP contribution >= 0.6 is 0 Å². The Bertz CT molecular complexity index is 739. The molecular weight excluding hydrogens is 384 g/mol. The van der Waals surface area contributed by atoms with Crippen molar-refractivity contribution < 1.29 is 14.6 Å². The van der Waals surface area contributed by atoms with Crippen LogP contribution in [0.1, 0.15) is 85.5 Å². The lowest BCUT2D eigenvalue weighted by Gasteiger charge is -2.57. The van der Waals surface area contributed by atoms with Crippen LogP contribution in [-0.2, 0) is 9.47 Å². The summed E-state index contributed by atoms with van der Waals surface area (Å²) in [5.74, 6) is 4.21. The highest BCUT2D eigenvalue weighted by Gasteiger charge is 2.64. The van der Waals surface area contributed by atoms with Crippen LogP contribution in [0.5, 0.6) is 0 Å². The third kappa shape index (κ3) is 3.01. The first-order valence-corrected chi connectivity index (χ1v) is 13.5. The summed E-state index contributed by atoms with van der Waals surface area (Å²) in [5.41, 5.74) is 2.50. The fraction of sp³-hybridized carbons (Fsp3) is 0.929. The summed E-state index contributed by atoms with van der Waals surface area (Å²) in [6.45, 7) is 10.8. The molecule has 3 nitrogen and oxygen atoms in total. The van der Waals surface area contributed by atoms with Gasteiger partial charge in [-0.15, -0.1) is 0 Å². The molecular formula is C28H44O3. The van der Waals surface area contributed by atoms with Gasteiger partial charge in [-0.2, -0.15) is 0 Å². The second-order valence-corrected chi connectivity index (χ2v) is 13.0. The lowest BCUT2D eigenvalue weighted by Crippen LogP contribution is -2.49. The SMILES string of the molecule is C[C@@H]1CC[C@H]([C@@H]2O[C@@H]3C[C@@H]4[C@@H]5CC[C@@H]6C[C@H](O)CC[C@]6(C)C5=CC[C@]4(C)[C@H]3[C@@H]2C)OC1. The van der Waals surface area contributed by atoms with E-state index in [2.05, 4.69) is 33.8 Å². The van der Waals surface area contributed by atoms with Gasteiger partial charge in [0.25, 0.3) is 0 Å². The molecule has 6 aliphatic rings. The fourth-order valence-corrected chi connectivity index (χ4v) is 9.73. The predicted octanol–water partition coefficient (Wildman–Crippen LogP) is 5.75. The van der Waals surface area contributed by atoms with E-state index in [1.54, 1.807) is 5.57 Å². The maximum absolute atomic E-state index is 10.3. The maximum atomic E-state index is 10.3. The molecule has 0 spiro atoms. The van der Waals surface area contributed by atoms with Crippen LogP contribution in [0, 0.1) is 46.3 Å². The number of hydrogen-bond acceptors (Lipinski definition) is 3. The zero-order chi connectivity index (χ0) is 21.5. The zero-order valence-electron chi connectivity index (χ0n) is 20.2. The maximum Gasteiger partial charge on any atom is 0.0869 e. The first-order valence-electron chi connectivity index (χ1n) is 13.5. The molecule has 0 amide bonds. The molecule has 12 atom stereocenters. The molecule has 5 fully saturated rings. The molecule has 0 unspecified atom stereocenters. The first kappa shape index (κ1) is 21.2. The molecule has 0 aromatic carbocycles. The molecule has 2 aliphatic heterocycles.